The SMILES string of the molecule is C=C1[C@H](n2ccc(NC(=O)OCCCCCCCCCCCC)nc2=O)O[C@H](CO)[C@H]1O. The van der Waals surface area contributed by atoms with Crippen LogP contribution in [0.15, 0.2) is 29.2 Å². The van der Waals surface area contributed by atoms with Gasteiger partial charge in [0.15, 0.2) is 6.23 Å². The highest BCUT2D eigenvalue weighted by Gasteiger charge is 2.38. The van der Waals surface area contributed by atoms with E-state index in [9.17, 15) is 19.8 Å². The number of hydrogen-bond donors (Lipinski definition) is 3. The fourth-order valence-electron chi connectivity index (χ4n) is 3.66. The molecule has 32 heavy (non-hydrogen) atoms. The normalized spacial score (nSPS) is 20.5. The molecule has 3 N–H and O–H groups in total. The third-order valence-electron chi connectivity index (χ3n) is 5.58. The Balaban J connectivity index is 1.65. The Morgan fingerprint density at radius 3 is 2.38 bits per heavy atom. The Morgan fingerprint density at radius 1 is 1.19 bits per heavy atom. The maximum atomic E-state index is 12.3. The molecule has 180 valence electrons. The molecule has 1 saturated heterocycles. The van der Waals surface area contributed by atoms with Gasteiger partial charge in [-0.3, -0.25) is 9.88 Å². The molecule has 2 rings (SSSR count). The van der Waals surface area contributed by atoms with Crippen LogP contribution in [-0.2, 0) is 9.47 Å². The summed E-state index contributed by atoms with van der Waals surface area (Å²) in [6.45, 7) is 5.86. The maximum Gasteiger partial charge on any atom is 0.412 e. The minimum Gasteiger partial charge on any atom is -0.449 e. The first-order valence-electron chi connectivity index (χ1n) is 11.6. The molecule has 0 spiro atoms. The van der Waals surface area contributed by atoms with Gasteiger partial charge in [0.2, 0.25) is 0 Å². The second kappa shape index (κ2) is 14.0. The third kappa shape index (κ3) is 8.03. The number of amides is 1. The van der Waals surface area contributed by atoms with Gasteiger partial charge in [0.25, 0.3) is 0 Å². The standard InChI is InChI=1S/C23H37N3O6/c1-3-4-5-6-7-8-9-10-11-12-15-31-23(30)25-19-13-14-26(22(29)24-19)21-17(2)20(28)18(16-27)32-21/h13-14,18,20-21,27-28H,2-12,15-16H2,1H3,(H,24,25,29,30)/t18-,20+,21-/m1/s1. The predicted octanol–water partition coefficient (Wildman–Crippen LogP) is 3.52. The van der Waals surface area contributed by atoms with Crippen LogP contribution in [0.4, 0.5) is 10.6 Å². The molecule has 1 fully saturated rings. The van der Waals surface area contributed by atoms with Gasteiger partial charge >= 0.3 is 11.8 Å². The molecule has 0 unspecified atom stereocenters. The molecule has 0 aliphatic carbocycles. The molecule has 0 aromatic carbocycles. The monoisotopic (exact) mass is 451 g/mol. The van der Waals surface area contributed by atoms with E-state index in [1.807, 2.05) is 0 Å². The molecule has 1 amide bonds. The molecule has 1 aliphatic heterocycles. The quantitative estimate of drug-likeness (QED) is 0.292. The molecule has 0 radical (unpaired) electrons. The van der Waals surface area contributed by atoms with Crippen molar-refractivity contribution in [2.75, 3.05) is 18.5 Å². The summed E-state index contributed by atoms with van der Waals surface area (Å²) < 4.78 is 11.7. The molecule has 9 heteroatoms. The number of ether oxygens (including phenoxy) is 2. The minimum atomic E-state index is -1.07. The summed E-state index contributed by atoms with van der Waals surface area (Å²) in [6, 6.07) is 1.43. The highest BCUT2D eigenvalue weighted by Crippen LogP contribution is 2.31. The lowest BCUT2D eigenvalue weighted by molar-refractivity contribution is -0.0447. The van der Waals surface area contributed by atoms with Crippen LogP contribution in [-0.4, -0.2) is 51.3 Å². The van der Waals surface area contributed by atoms with Crippen LogP contribution in [0, 0.1) is 0 Å². The van der Waals surface area contributed by atoms with E-state index in [2.05, 4.69) is 23.8 Å². The zero-order valence-electron chi connectivity index (χ0n) is 19.0. The number of nitrogens with zero attached hydrogens (tertiary/aromatic N) is 2. The summed E-state index contributed by atoms with van der Waals surface area (Å²) in [6.07, 6.45) is 9.86. The van der Waals surface area contributed by atoms with E-state index >= 15 is 0 Å². The lowest BCUT2D eigenvalue weighted by Gasteiger charge is -2.15. The van der Waals surface area contributed by atoms with Crippen LogP contribution < -0.4 is 11.0 Å². The second-order valence-electron chi connectivity index (χ2n) is 8.17. The van der Waals surface area contributed by atoms with E-state index in [0.29, 0.717) is 6.61 Å². The van der Waals surface area contributed by atoms with Crippen LogP contribution in [0.2, 0.25) is 0 Å². The highest BCUT2D eigenvalue weighted by molar-refractivity contribution is 5.83. The molecule has 3 atom stereocenters. The Bertz CT molecular complexity index is 781. The summed E-state index contributed by atoms with van der Waals surface area (Å²) in [5, 5.41) is 21.6. The molecular formula is C23H37N3O6. The largest absolute Gasteiger partial charge is 0.449 e. The first kappa shape index (κ1) is 26.0. The Morgan fingerprint density at radius 2 is 1.81 bits per heavy atom. The lowest BCUT2D eigenvalue weighted by Crippen LogP contribution is -2.29. The van der Waals surface area contributed by atoms with E-state index in [1.54, 1.807) is 0 Å². The molecule has 0 saturated carbocycles. The van der Waals surface area contributed by atoms with Gasteiger partial charge in [0.05, 0.1) is 13.2 Å². The Labute approximate surface area is 189 Å². The van der Waals surface area contributed by atoms with Crippen molar-refractivity contribution >= 4 is 11.9 Å². The smallest absolute Gasteiger partial charge is 0.412 e. The average molecular weight is 452 g/mol. The topological polar surface area (TPSA) is 123 Å². The number of carbonyl (C=O) groups is 1. The highest BCUT2D eigenvalue weighted by atomic mass is 16.6. The van der Waals surface area contributed by atoms with Gasteiger partial charge in [0, 0.05) is 11.8 Å². The average Bonchev–Trinajstić information content (AvgIpc) is 3.06. The second-order valence-corrected chi connectivity index (χ2v) is 8.17. The van der Waals surface area contributed by atoms with Crippen molar-refractivity contribution in [1.82, 2.24) is 9.55 Å². The van der Waals surface area contributed by atoms with Crippen molar-refractivity contribution in [3.63, 3.8) is 0 Å². The zero-order valence-corrected chi connectivity index (χ0v) is 19.0. The van der Waals surface area contributed by atoms with Crippen LogP contribution in [0.5, 0.6) is 0 Å². The zero-order chi connectivity index (χ0) is 23.3. The van der Waals surface area contributed by atoms with Crippen LogP contribution in [0.1, 0.15) is 77.4 Å². The number of carbonyl (C=O) groups excluding carboxylic acids is 1. The van der Waals surface area contributed by atoms with Crippen molar-refractivity contribution < 1.29 is 24.5 Å². The number of aliphatic hydroxyl groups is 2. The van der Waals surface area contributed by atoms with Gasteiger partial charge in [-0.15, -0.1) is 0 Å². The van der Waals surface area contributed by atoms with E-state index in [-0.39, 0.29) is 11.4 Å². The number of rotatable bonds is 14. The maximum absolute atomic E-state index is 12.3. The summed E-state index contributed by atoms with van der Waals surface area (Å²) in [7, 11) is 0. The number of aliphatic hydroxyl groups excluding tert-OH is 2. The molecule has 1 aliphatic rings. The van der Waals surface area contributed by atoms with E-state index in [0.717, 1.165) is 23.8 Å². The van der Waals surface area contributed by atoms with E-state index in [4.69, 9.17) is 9.47 Å². The van der Waals surface area contributed by atoms with Gasteiger partial charge in [-0.05, 0) is 12.5 Å². The van der Waals surface area contributed by atoms with Crippen LogP contribution in [0.3, 0.4) is 0 Å². The molecule has 1 aromatic heterocycles. The Hall–Kier alpha value is -2.23. The number of aromatic nitrogens is 2. The lowest BCUT2D eigenvalue weighted by atomic mass is 10.1. The van der Waals surface area contributed by atoms with E-state index < -0.39 is 36.8 Å². The van der Waals surface area contributed by atoms with Gasteiger partial charge in [-0.1, -0.05) is 71.3 Å². The molecule has 2 heterocycles. The van der Waals surface area contributed by atoms with Crippen molar-refractivity contribution in [2.45, 2.75) is 89.6 Å². The number of anilines is 1. The van der Waals surface area contributed by atoms with Gasteiger partial charge in [-0.2, -0.15) is 4.98 Å². The molecule has 0 bridgehead atoms. The van der Waals surface area contributed by atoms with E-state index in [1.165, 1.54) is 57.2 Å². The fourth-order valence-corrected chi connectivity index (χ4v) is 3.66. The first-order chi connectivity index (χ1) is 15.5. The number of hydrogen-bond acceptors (Lipinski definition) is 7. The summed E-state index contributed by atoms with van der Waals surface area (Å²) >= 11 is 0. The first-order valence-corrected chi connectivity index (χ1v) is 11.6. The predicted molar refractivity (Wildman–Crippen MR) is 121 cm³/mol. The Kier molecular flexibility index (Phi) is 11.4. The molecule has 1 aromatic rings. The van der Waals surface area contributed by atoms with Gasteiger partial charge in [0.1, 0.15) is 18.0 Å². The summed E-state index contributed by atoms with van der Waals surface area (Å²) in [4.78, 5) is 28.0. The molecular weight excluding hydrogens is 414 g/mol. The summed E-state index contributed by atoms with van der Waals surface area (Å²) in [5.41, 5.74) is -0.431. The van der Waals surface area contributed by atoms with Crippen LogP contribution in [0.25, 0.3) is 0 Å². The fraction of sp³-hybridized carbons (Fsp3) is 0.696. The summed E-state index contributed by atoms with van der Waals surface area (Å²) in [5.74, 6) is 0.0576. The van der Waals surface area contributed by atoms with Crippen molar-refractivity contribution in [3.05, 3.63) is 34.9 Å². The number of unbranched alkanes of at least 4 members (excludes halogenated alkanes) is 9. The van der Waals surface area contributed by atoms with Crippen molar-refractivity contribution in [1.29, 1.82) is 0 Å². The van der Waals surface area contributed by atoms with Crippen molar-refractivity contribution in [3.8, 4) is 0 Å². The molecule has 9 nitrogen and oxygen atoms in total. The van der Waals surface area contributed by atoms with Gasteiger partial charge in [-0.25, -0.2) is 9.59 Å². The van der Waals surface area contributed by atoms with Crippen molar-refractivity contribution in [2.24, 2.45) is 0 Å². The van der Waals surface area contributed by atoms with Crippen LogP contribution >= 0.6 is 0 Å². The number of nitrogens with one attached hydrogen (secondary N) is 1. The third-order valence-corrected chi connectivity index (χ3v) is 5.58. The van der Waals surface area contributed by atoms with Gasteiger partial charge < -0.3 is 19.7 Å². The minimum absolute atomic E-state index is 0.0576.